The number of rotatable bonds is 7. The third-order valence-electron chi connectivity index (χ3n) is 3.85. The number of nitrogens with zero attached hydrogens (tertiary/aromatic N) is 1. The Morgan fingerprint density at radius 2 is 2.05 bits per heavy atom. The van der Waals surface area contributed by atoms with Crippen molar-refractivity contribution in [2.24, 2.45) is 0 Å². The maximum absolute atomic E-state index is 12.0. The van der Waals surface area contributed by atoms with Crippen LogP contribution in [0.1, 0.15) is 48.5 Å². The van der Waals surface area contributed by atoms with E-state index in [1.54, 1.807) is 6.92 Å². The Balaban J connectivity index is 2.72. The summed E-state index contributed by atoms with van der Waals surface area (Å²) in [5, 5.41) is 18.8. The molecule has 0 aliphatic carbocycles. The van der Waals surface area contributed by atoms with Crippen LogP contribution in [0.15, 0.2) is 4.52 Å². The third-order valence-corrected chi connectivity index (χ3v) is 3.85. The van der Waals surface area contributed by atoms with Crippen LogP contribution < -0.4 is 10.6 Å². The molecule has 6 heteroatoms. The predicted molar refractivity (Wildman–Crippen MR) is 71.9 cm³/mol. The van der Waals surface area contributed by atoms with E-state index >= 15 is 0 Å². The van der Waals surface area contributed by atoms with Crippen molar-refractivity contribution in [3.8, 4) is 0 Å². The van der Waals surface area contributed by atoms with Crippen molar-refractivity contribution in [2.75, 3.05) is 13.6 Å². The Morgan fingerprint density at radius 3 is 2.47 bits per heavy atom. The second-order valence-electron chi connectivity index (χ2n) is 4.66. The van der Waals surface area contributed by atoms with Gasteiger partial charge in [-0.15, -0.1) is 0 Å². The summed E-state index contributed by atoms with van der Waals surface area (Å²) in [6, 6.07) is 0. The molecule has 0 aliphatic heterocycles. The van der Waals surface area contributed by atoms with Crippen molar-refractivity contribution in [3.63, 3.8) is 0 Å². The molecule has 0 unspecified atom stereocenters. The minimum Gasteiger partial charge on any atom is -0.388 e. The monoisotopic (exact) mass is 269 g/mol. The molecule has 1 aromatic rings. The van der Waals surface area contributed by atoms with Gasteiger partial charge in [0.15, 0.2) is 11.5 Å². The van der Waals surface area contributed by atoms with Gasteiger partial charge in [-0.05, 0) is 26.8 Å². The molecule has 0 aromatic carbocycles. The van der Waals surface area contributed by atoms with Gasteiger partial charge in [-0.1, -0.05) is 19.0 Å². The Bertz CT molecular complexity index is 417. The van der Waals surface area contributed by atoms with Crippen LogP contribution in [0.4, 0.5) is 0 Å². The second kappa shape index (κ2) is 6.68. The lowest BCUT2D eigenvalue weighted by Gasteiger charge is -2.31. The number of aliphatic hydroxyl groups is 1. The maximum atomic E-state index is 12.0. The van der Waals surface area contributed by atoms with E-state index in [1.165, 1.54) is 0 Å². The van der Waals surface area contributed by atoms with Crippen LogP contribution >= 0.6 is 0 Å². The molecule has 0 atom stereocenters. The predicted octanol–water partition coefficient (Wildman–Crippen LogP) is 0.983. The van der Waals surface area contributed by atoms with Gasteiger partial charge in [0.1, 0.15) is 6.61 Å². The van der Waals surface area contributed by atoms with Crippen LogP contribution in [0.2, 0.25) is 0 Å². The molecule has 1 amide bonds. The molecule has 1 rings (SSSR count). The van der Waals surface area contributed by atoms with Crippen LogP contribution in [0.5, 0.6) is 0 Å². The minimum absolute atomic E-state index is 0.104. The zero-order valence-corrected chi connectivity index (χ0v) is 12.0. The van der Waals surface area contributed by atoms with Gasteiger partial charge < -0.3 is 20.3 Å². The van der Waals surface area contributed by atoms with E-state index < -0.39 is 0 Å². The van der Waals surface area contributed by atoms with Crippen molar-refractivity contribution in [2.45, 2.75) is 45.8 Å². The third kappa shape index (κ3) is 3.33. The van der Waals surface area contributed by atoms with Crippen molar-refractivity contribution in [1.29, 1.82) is 0 Å². The molecule has 0 radical (unpaired) electrons. The van der Waals surface area contributed by atoms with Gasteiger partial charge in [-0.2, -0.15) is 0 Å². The Labute approximate surface area is 113 Å². The molecule has 0 aliphatic rings. The molecule has 0 fully saturated rings. The molecule has 19 heavy (non-hydrogen) atoms. The van der Waals surface area contributed by atoms with E-state index in [-0.39, 0.29) is 23.7 Å². The van der Waals surface area contributed by atoms with E-state index in [2.05, 4.69) is 29.6 Å². The Kier molecular flexibility index (Phi) is 5.50. The molecule has 3 N–H and O–H groups in total. The van der Waals surface area contributed by atoms with E-state index in [9.17, 15) is 4.79 Å². The average Bonchev–Trinajstić information content (AvgIpc) is 2.81. The number of hydrogen-bond donors (Lipinski definition) is 3. The fraction of sp³-hybridized carbons (Fsp3) is 0.692. The fourth-order valence-corrected chi connectivity index (χ4v) is 2.00. The molecular formula is C13H23N3O3. The SMILES string of the molecule is CCC(CC)(CNC(=O)c1noc(CO)c1C)NC. The van der Waals surface area contributed by atoms with Crippen LogP contribution in [0.3, 0.4) is 0 Å². The molecule has 0 saturated heterocycles. The highest BCUT2D eigenvalue weighted by molar-refractivity contribution is 5.93. The van der Waals surface area contributed by atoms with Gasteiger partial charge in [0, 0.05) is 17.6 Å². The molecule has 1 heterocycles. The topological polar surface area (TPSA) is 87.4 Å². The van der Waals surface area contributed by atoms with E-state index in [1.807, 2.05) is 7.05 Å². The lowest BCUT2D eigenvalue weighted by atomic mass is 9.93. The number of aliphatic hydroxyl groups excluding tert-OH is 1. The summed E-state index contributed by atoms with van der Waals surface area (Å²) in [7, 11) is 1.89. The normalized spacial score (nSPS) is 11.6. The summed E-state index contributed by atoms with van der Waals surface area (Å²) >= 11 is 0. The van der Waals surface area contributed by atoms with Gasteiger partial charge >= 0.3 is 0 Å². The Hall–Kier alpha value is -1.40. The highest BCUT2D eigenvalue weighted by Gasteiger charge is 2.26. The van der Waals surface area contributed by atoms with Crippen molar-refractivity contribution in [1.82, 2.24) is 15.8 Å². The summed E-state index contributed by atoms with van der Waals surface area (Å²) in [5.41, 5.74) is 0.719. The van der Waals surface area contributed by atoms with E-state index in [0.717, 1.165) is 12.8 Å². The Morgan fingerprint density at radius 1 is 1.42 bits per heavy atom. The highest BCUT2D eigenvalue weighted by Crippen LogP contribution is 2.15. The van der Waals surface area contributed by atoms with Gasteiger partial charge in [0.25, 0.3) is 5.91 Å². The first-order chi connectivity index (χ1) is 9.03. The molecule has 0 saturated carbocycles. The largest absolute Gasteiger partial charge is 0.388 e. The number of carbonyl (C=O) groups is 1. The summed E-state index contributed by atoms with van der Waals surface area (Å²) < 4.78 is 4.90. The first-order valence-corrected chi connectivity index (χ1v) is 6.56. The summed E-state index contributed by atoms with van der Waals surface area (Å²) in [6.45, 7) is 6.14. The fourth-order valence-electron chi connectivity index (χ4n) is 2.00. The summed E-state index contributed by atoms with van der Waals surface area (Å²) in [5.74, 6) is 0.0542. The number of aromatic nitrogens is 1. The van der Waals surface area contributed by atoms with Gasteiger partial charge in [0.2, 0.25) is 0 Å². The van der Waals surface area contributed by atoms with E-state index in [4.69, 9.17) is 9.63 Å². The molecule has 0 bridgehead atoms. The molecule has 1 aromatic heterocycles. The first-order valence-electron chi connectivity index (χ1n) is 6.56. The zero-order chi connectivity index (χ0) is 14.5. The van der Waals surface area contributed by atoms with E-state index in [0.29, 0.717) is 17.9 Å². The second-order valence-corrected chi connectivity index (χ2v) is 4.66. The van der Waals surface area contributed by atoms with Gasteiger partial charge in [-0.25, -0.2) is 0 Å². The molecular weight excluding hydrogens is 246 g/mol. The van der Waals surface area contributed by atoms with Crippen LogP contribution in [-0.2, 0) is 6.61 Å². The maximum Gasteiger partial charge on any atom is 0.273 e. The van der Waals surface area contributed by atoms with Crippen LogP contribution in [0.25, 0.3) is 0 Å². The lowest BCUT2D eigenvalue weighted by Crippen LogP contribution is -2.51. The number of likely N-dealkylation sites (N-methyl/N-ethyl adjacent to an activating group) is 1. The zero-order valence-electron chi connectivity index (χ0n) is 12.0. The summed E-state index contributed by atoms with van der Waals surface area (Å²) in [6.07, 6.45) is 1.83. The minimum atomic E-state index is -0.275. The van der Waals surface area contributed by atoms with Crippen LogP contribution in [-0.4, -0.2) is 35.3 Å². The van der Waals surface area contributed by atoms with Crippen molar-refractivity contribution in [3.05, 3.63) is 17.0 Å². The average molecular weight is 269 g/mol. The van der Waals surface area contributed by atoms with Crippen molar-refractivity contribution >= 4 is 5.91 Å². The highest BCUT2D eigenvalue weighted by atomic mass is 16.5. The first kappa shape index (κ1) is 15.7. The lowest BCUT2D eigenvalue weighted by molar-refractivity contribution is 0.0927. The number of carbonyl (C=O) groups excluding carboxylic acids is 1. The number of amides is 1. The van der Waals surface area contributed by atoms with Crippen molar-refractivity contribution < 1.29 is 14.4 Å². The van der Waals surface area contributed by atoms with Gasteiger partial charge in [-0.3, -0.25) is 4.79 Å². The quantitative estimate of drug-likeness (QED) is 0.687. The standard InChI is InChI=1S/C13H23N3O3/c1-5-13(6-2,14-4)8-15-12(18)11-9(3)10(7-17)19-16-11/h14,17H,5-8H2,1-4H3,(H,15,18). The number of hydrogen-bond acceptors (Lipinski definition) is 5. The molecule has 0 spiro atoms. The van der Waals surface area contributed by atoms with Gasteiger partial charge in [0.05, 0.1) is 0 Å². The number of nitrogens with one attached hydrogen (secondary N) is 2. The summed E-state index contributed by atoms with van der Waals surface area (Å²) in [4.78, 5) is 12.0. The van der Waals surface area contributed by atoms with Crippen LogP contribution in [0, 0.1) is 6.92 Å². The smallest absolute Gasteiger partial charge is 0.273 e. The molecule has 6 nitrogen and oxygen atoms in total. The molecule has 108 valence electrons.